The first kappa shape index (κ1) is 13.8. The summed E-state index contributed by atoms with van der Waals surface area (Å²) in [7, 11) is 3.37. The number of carbonyl (C=O) groups excluding carboxylic acids is 2. The Hall–Kier alpha value is -1.30. The quantitative estimate of drug-likeness (QED) is 0.706. The first-order valence-corrected chi connectivity index (χ1v) is 5.71. The summed E-state index contributed by atoms with van der Waals surface area (Å²) in [5.41, 5.74) is 5.08. The van der Waals surface area contributed by atoms with Crippen molar-refractivity contribution in [2.45, 2.75) is 38.4 Å². The summed E-state index contributed by atoms with van der Waals surface area (Å²) in [4.78, 5) is 26.7. The van der Waals surface area contributed by atoms with E-state index in [0.717, 1.165) is 0 Å². The molecule has 0 aromatic rings. The molecule has 0 saturated carbocycles. The summed E-state index contributed by atoms with van der Waals surface area (Å²) < 4.78 is 0. The number of carbonyl (C=O) groups is 2. The van der Waals surface area contributed by atoms with Gasteiger partial charge in [-0.05, 0) is 27.8 Å². The molecule has 3 amide bonds. The number of hydrogen-bond donors (Lipinski definition) is 2. The van der Waals surface area contributed by atoms with Gasteiger partial charge in [0.2, 0.25) is 5.91 Å². The second-order valence-electron chi connectivity index (χ2n) is 5.41. The summed E-state index contributed by atoms with van der Waals surface area (Å²) in [6.45, 7) is 6.42. The third kappa shape index (κ3) is 2.52. The highest BCUT2D eigenvalue weighted by Gasteiger charge is 2.44. The maximum Gasteiger partial charge on any atom is 0.320 e. The lowest BCUT2D eigenvalue weighted by Crippen LogP contribution is -2.53. The average molecular weight is 242 g/mol. The fourth-order valence-corrected chi connectivity index (χ4v) is 2.13. The van der Waals surface area contributed by atoms with Crippen LogP contribution in [0.1, 0.15) is 20.8 Å². The molecule has 1 fully saturated rings. The predicted molar refractivity (Wildman–Crippen MR) is 65.4 cm³/mol. The molecule has 1 saturated heterocycles. The number of nitrogens with zero attached hydrogens (tertiary/aromatic N) is 2. The van der Waals surface area contributed by atoms with Crippen molar-refractivity contribution in [2.24, 2.45) is 5.73 Å². The minimum Gasteiger partial charge on any atom is -0.368 e. The Bertz CT molecular complexity index is 324. The Balaban J connectivity index is 2.92. The van der Waals surface area contributed by atoms with E-state index in [-0.39, 0.29) is 17.6 Å². The molecule has 2 unspecified atom stereocenters. The lowest BCUT2D eigenvalue weighted by molar-refractivity contribution is -0.121. The molecular weight excluding hydrogens is 220 g/mol. The average Bonchev–Trinajstić information content (AvgIpc) is 2.46. The van der Waals surface area contributed by atoms with Crippen molar-refractivity contribution in [3.63, 3.8) is 0 Å². The van der Waals surface area contributed by atoms with Crippen molar-refractivity contribution in [3.8, 4) is 0 Å². The predicted octanol–water partition coefficient (Wildman–Crippen LogP) is -0.406. The first-order chi connectivity index (χ1) is 7.70. The molecule has 1 aliphatic rings. The molecule has 3 N–H and O–H groups in total. The molecule has 0 radical (unpaired) electrons. The smallest absolute Gasteiger partial charge is 0.320 e. The van der Waals surface area contributed by atoms with Gasteiger partial charge in [-0.1, -0.05) is 0 Å². The molecule has 0 spiro atoms. The molecule has 0 aliphatic carbocycles. The Morgan fingerprint density at radius 2 is 2.06 bits per heavy atom. The van der Waals surface area contributed by atoms with Crippen molar-refractivity contribution in [1.82, 2.24) is 15.1 Å². The molecule has 1 heterocycles. The second kappa shape index (κ2) is 4.52. The van der Waals surface area contributed by atoms with E-state index in [1.807, 2.05) is 20.8 Å². The number of urea groups is 1. The van der Waals surface area contributed by atoms with Crippen LogP contribution in [-0.2, 0) is 4.79 Å². The highest BCUT2D eigenvalue weighted by molar-refractivity contribution is 5.84. The zero-order valence-corrected chi connectivity index (χ0v) is 11.2. The molecule has 0 aromatic heterocycles. The van der Waals surface area contributed by atoms with Gasteiger partial charge in [-0.3, -0.25) is 4.79 Å². The molecule has 17 heavy (non-hydrogen) atoms. The number of nitrogens with one attached hydrogen (secondary N) is 1. The van der Waals surface area contributed by atoms with E-state index in [9.17, 15) is 9.59 Å². The minimum absolute atomic E-state index is 0.0657. The van der Waals surface area contributed by atoms with Crippen LogP contribution in [-0.4, -0.2) is 60.0 Å². The zero-order chi connectivity index (χ0) is 13.4. The third-order valence-corrected chi connectivity index (χ3v) is 3.21. The maximum absolute atomic E-state index is 12.1. The van der Waals surface area contributed by atoms with E-state index < -0.39 is 11.9 Å². The van der Waals surface area contributed by atoms with Crippen LogP contribution < -0.4 is 11.1 Å². The van der Waals surface area contributed by atoms with Crippen molar-refractivity contribution in [1.29, 1.82) is 0 Å². The van der Waals surface area contributed by atoms with Gasteiger partial charge in [-0.2, -0.15) is 0 Å². The number of likely N-dealkylation sites (N-methyl/N-ethyl adjacent to an activating group) is 2. The van der Waals surface area contributed by atoms with Crippen molar-refractivity contribution in [3.05, 3.63) is 0 Å². The van der Waals surface area contributed by atoms with Gasteiger partial charge in [0.05, 0.1) is 6.04 Å². The van der Waals surface area contributed by atoms with Gasteiger partial charge in [-0.15, -0.1) is 0 Å². The van der Waals surface area contributed by atoms with E-state index in [0.29, 0.717) is 6.54 Å². The molecular formula is C11H22N4O2. The highest BCUT2D eigenvalue weighted by atomic mass is 16.2. The number of rotatable bonds is 3. The largest absolute Gasteiger partial charge is 0.368 e. The Kier molecular flexibility index (Phi) is 3.66. The van der Waals surface area contributed by atoms with Crippen molar-refractivity contribution in [2.75, 3.05) is 20.6 Å². The molecule has 1 aliphatic heterocycles. The molecule has 98 valence electrons. The van der Waals surface area contributed by atoms with Gasteiger partial charge in [-0.25, -0.2) is 4.79 Å². The van der Waals surface area contributed by atoms with Crippen LogP contribution >= 0.6 is 0 Å². The fourth-order valence-electron chi connectivity index (χ4n) is 2.13. The van der Waals surface area contributed by atoms with E-state index in [1.54, 1.807) is 23.9 Å². The molecule has 0 aromatic carbocycles. The zero-order valence-electron chi connectivity index (χ0n) is 11.2. The summed E-state index contributed by atoms with van der Waals surface area (Å²) in [5, 5.41) is 2.87. The number of nitrogens with two attached hydrogens (primary N) is 1. The monoisotopic (exact) mass is 242 g/mol. The van der Waals surface area contributed by atoms with Gasteiger partial charge in [0.15, 0.2) is 0 Å². The topological polar surface area (TPSA) is 78.7 Å². The lowest BCUT2D eigenvalue weighted by atomic mass is 10.0. The van der Waals surface area contributed by atoms with Crippen LogP contribution in [0.25, 0.3) is 0 Å². The molecule has 6 nitrogen and oxygen atoms in total. The van der Waals surface area contributed by atoms with Crippen LogP contribution in [0.5, 0.6) is 0 Å². The molecule has 2 atom stereocenters. The summed E-state index contributed by atoms with van der Waals surface area (Å²) in [6.07, 6.45) is 0. The maximum atomic E-state index is 12.1. The van der Waals surface area contributed by atoms with Crippen LogP contribution in [0, 0.1) is 0 Å². The van der Waals surface area contributed by atoms with E-state index in [4.69, 9.17) is 5.73 Å². The minimum atomic E-state index is -0.517. The van der Waals surface area contributed by atoms with Crippen LogP contribution in [0.3, 0.4) is 0 Å². The van der Waals surface area contributed by atoms with Gasteiger partial charge >= 0.3 is 6.03 Å². The SMILES string of the molecule is CNC(C(N)=O)C1CN(C(C)(C)C)C(=O)N1C. The fraction of sp³-hybridized carbons (Fsp3) is 0.818. The molecule has 6 heteroatoms. The van der Waals surface area contributed by atoms with Gasteiger partial charge < -0.3 is 20.9 Å². The van der Waals surface area contributed by atoms with E-state index in [2.05, 4.69) is 5.32 Å². The summed E-state index contributed by atoms with van der Waals surface area (Å²) in [6, 6.07) is -0.801. The van der Waals surface area contributed by atoms with Gasteiger partial charge in [0, 0.05) is 19.1 Å². The standard InChI is InChI=1S/C11H22N4O2/c1-11(2,3)15-6-7(14(5)10(15)17)8(13-4)9(12)16/h7-8,13H,6H2,1-5H3,(H2,12,16). The Morgan fingerprint density at radius 1 is 1.53 bits per heavy atom. The number of primary amides is 1. The molecule has 1 rings (SSSR count). The highest BCUT2D eigenvalue weighted by Crippen LogP contribution is 2.24. The van der Waals surface area contributed by atoms with Gasteiger partial charge in [0.25, 0.3) is 0 Å². The van der Waals surface area contributed by atoms with E-state index in [1.165, 1.54) is 0 Å². The van der Waals surface area contributed by atoms with Crippen molar-refractivity contribution < 1.29 is 9.59 Å². The number of amides is 3. The van der Waals surface area contributed by atoms with Crippen LogP contribution in [0.2, 0.25) is 0 Å². The summed E-state index contributed by atoms with van der Waals surface area (Å²) >= 11 is 0. The Labute approximate surface area is 102 Å². The second-order valence-corrected chi connectivity index (χ2v) is 5.41. The Morgan fingerprint density at radius 3 is 2.35 bits per heavy atom. The van der Waals surface area contributed by atoms with Crippen LogP contribution in [0.15, 0.2) is 0 Å². The normalized spacial score (nSPS) is 23.1. The van der Waals surface area contributed by atoms with Crippen molar-refractivity contribution >= 4 is 11.9 Å². The molecule has 0 bridgehead atoms. The summed E-state index contributed by atoms with van der Waals surface area (Å²) in [5.74, 6) is -0.437. The first-order valence-electron chi connectivity index (χ1n) is 5.71. The third-order valence-electron chi connectivity index (χ3n) is 3.21. The lowest BCUT2D eigenvalue weighted by Gasteiger charge is -2.31. The van der Waals surface area contributed by atoms with Gasteiger partial charge in [0.1, 0.15) is 6.04 Å². The van der Waals surface area contributed by atoms with Crippen LogP contribution in [0.4, 0.5) is 4.79 Å². The number of hydrogen-bond acceptors (Lipinski definition) is 3. The van der Waals surface area contributed by atoms with E-state index >= 15 is 0 Å².